The molecular weight excluding hydrogens is 635 g/mol. The fraction of sp³-hybridized carbons (Fsp3) is 0.188. The molecule has 0 saturated carbocycles. The molecule has 0 N–H and O–H groups in total. The lowest BCUT2D eigenvalue weighted by Gasteiger charge is -2.42. The lowest BCUT2D eigenvalue weighted by atomic mass is 9.63. The van der Waals surface area contributed by atoms with E-state index in [0.29, 0.717) is 17.5 Å². The van der Waals surface area contributed by atoms with Gasteiger partial charge in [0.2, 0.25) is 0 Å². The average Bonchev–Trinajstić information content (AvgIpc) is 3.47. The number of benzene rings is 6. The number of ether oxygens (including phenoxy) is 1. The molecule has 252 valence electrons. The third-order valence-corrected chi connectivity index (χ3v) is 11.9. The van der Waals surface area contributed by atoms with Crippen LogP contribution in [0, 0.1) is 0 Å². The van der Waals surface area contributed by atoms with E-state index in [1.807, 2.05) is 18.2 Å². The summed E-state index contributed by atoms with van der Waals surface area (Å²) in [5.74, 6) is 3.76. The van der Waals surface area contributed by atoms with Crippen LogP contribution >= 0.6 is 0 Å². The number of hydrogen-bond acceptors (Lipinski definition) is 4. The highest BCUT2D eigenvalue weighted by Crippen LogP contribution is 2.62. The highest BCUT2D eigenvalue weighted by molar-refractivity contribution is 5.90. The van der Waals surface area contributed by atoms with Crippen LogP contribution in [0.15, 0.2) is 140 Å². The maximum Gasteiger partial charge on any atom is 0.164 e. The first kappa shape index (κ1) is 30.9. The second-order valence-electron chi connectivity index (χ2n) is 15.9. The Kier molecular flexibility index (Phi) is 6.58. The van der Waals surface area contributed by atoms with Crippen molar-refractivity contribution >= 4 is 0 Å². The van der Waals surface area contributed by atoms with E-state index >= 15 is 0 Å². The van der Waals surface area contributed by atoms with Crippen molar-refractivity contribution < 1.29 is 4.74 Å². The predicted octanol–water partition coefficient (Wildman–Crippen LogP) is 11.7. The van der Waals surface area contributed by atoms with Gasteiger partial charge in [-0.1, -0.05) is 143 Å². The summed E-state index contributed by atoms with van der Waals surface area (Å²) >= 11 is 0. The second kappa shape index (κ2) is 11.1. The van der Waals surface area contributed by atoms with Crippen molar-refractivity contribution in [1.29, 1.82) is 0 Å². The van der Waals surface area contributed by atoms with E-state index in [-0.39, 0.29) is 10.8 Å². The van der Waals surface area contributed by atoms with Crippen LogP contribution in [0.5, 0.6) is 11.5 Å². The molecule has 3 aliphatic rings. The maximum atomic E-state index is 6.57. The molecule has 10 rings (SSSR count). The maximum absolute atomic E-state index is 6.57. The van der Waals surface area contributed by atoms with E-state index in [1.54, 1.807) is 0 Å². The van der Waals surface area contributed by atoms with Gasteiger partial charge in [-0.05, 0) is 81.3 Å². The van der Waals surface area contributed by atoms with Crippen molar-refractivity contribution in [3.63, 3.8) is 0 Å². The fourth-order valence-electron chi connectivity index (χ4n) is 9.07. The molecule has 1 aliphatic heterocycles. The zero-order valence-electron chi connectivity index (χ0n) is 29.9. The van der Waals surface area contributed by atoms with Gasteiger partial charge >= 0.3 is 0 Å². The molecule has 2 heterocycles. The molecule has 6 aromatic carbocycles. The quantitative estimate of drug-likeness (QED) is 0.187. The van der Waals surface area contributed by atoms with Gasteiger partial charge in [-0.15, -0.1) is 0 Å². The van der Waals surface area contributed by atoms with E-state index < -0.39 is 5.41 Å². The fourth-order valence-corrected chi connectivity index (χ4v) is 9.07. The molecule has 0 saturated heterocycles. The number of nitrogens with zero attached hydrogens (tertiary/aromatic N) is 3. The zero-order valence-corrected chi connectivity index (χ0v) is 29.9. The molecule has 7 aromatic rings. The lowest BCUT2D eigenvalue weighted by Crippen LogP contribution is -2.33. The second-order valence-corrected chi connectivity index (χ2v) is 15.9. The molecule has 4 nitrogen and oxygen atoms in total. The molecule has 2 aliphatic carbocycles. The van der Waals surface area contributed by atoms with Crippen LogP contribution in [0.2, 0.25) is 0 Å². The molecular formula is C48H39N3O. The van der Waals surface area contributed by atoms with Gasteiger partial charge in [0.25, 0.3) is 0 Å². The van der Waals surface area contributed by atoms with Crippen LogP contribution in [0.25, 0.3) is 45.3 Å². The van der Waals surface area contributed by atoms with Crippen LogP contribution in [0.1, 0.15) is 73.9 Å². The average molecular weight is 674 g/mol. The highest BCUT2D eigenvalue weighted by atomic mass is 16.5. The van der Waals surface area contributed by atoms with Crippen LogP contribution < -0.4 is 4.74 Å². The summed E-state index contributed by atoms with van der Waals surface area (Å²) in [6.45, 7) is 9.46. The Labute approximate surface area is 305 Å². The van der Waals surface area contributed by atoms with Crippen molar-refractivity contribution in [2.24, 2.45) is 0 Å². The van der Waals surface area contributed by atoms with Crippen molar-refractivity contribution in [2.45, 2.75) is 56.8 Å². The highest BCUT2D eigenvalue weighted by Gasteiger charge is 2.51. The Morgan fingerprint density at radius 1 is 0.404 bits per heavy atom. The number of para-hydroxylation sites is 2. The van der Waals surface area contributed by atoms with Gasteiger partial charge in [-0.25, -0.2) is 15.0 Å². The van der Waals surface area contributed by atoms with Gasteiger partial charge in [0.1, 0.15) is 11.5 Å². The Bertz CT molecular complexity index is 2520. The van der Waals surface area contributed by atoms with E-state index in [4.69, 9.17) is 19.7 Å². The topological polar surface area (TPSA) is 47.9 Å². The molecule has 1 aromatic heterocycles. The number of aromatic nitrogens is 3. The number of rotatable bonds is 3. The molecule has 52 heavy (non-hydrogen) atoms. The molecule has 0 amide bonds. The van der Waals surface area contributed by atoms with Gasteiger partial charge in [0, 0.05) is 27.8 Å². The first-order valence-electron chi connectivity index (χ1n) is 18.3. The Morgan fingerprint density at radius 3 is 1.54 bits per heavy atom. The van der Waals surface area contributed by atoms with Crippen molar-refractivity contribution in [1.82, 2.24) is 15.0 Å². The standard InChI is InChI=1S/C48H39N3O/c1-46(2)26-27-47(3,4)40-29-32(23-25-36(40)46)45-50-43(30-14-6-5-7-15-30)49-44(51-45)31-22-24-34-33-16-8-9-17-35(33)48(39(34)28-31)37-18-10-12-20-41(37)52-42-21-13-11-19-38(42)48/h5-25,28-29H,26-27H2,1-4H3. The van der Waals surface area contributed by atoms with Crippen LogP contribution in [0.3, 0.4) is 0 Å². The number of fused-ring (bicyclic) bond motifs is 10. The Balaban J connectivity index is 1.21. The molecule has 0 radical (unpaired) electrons. The largest absolute Gasteiger partial charge is 0.457 e. The molecule has 1 spiro atoms. The minimum Gasteiger partial charge on any atom is -0.457 e. The minimum atomic E-state index is -0.567. The van der Waals surface area contributed by atoms with Gasteiger partial charge < -0.3 is 4.74 Å². The van der Waals surface area contributed by atoms with Gasteiger partial charge in [-0.2, -0.15) is 0 Å². The van der Waals surface area contributed by atoms with Crippen LogP contribution in [-0.4, -0.2) is 15.0 Å². The summed E-state index contributed by atoms with van der Waals surface area (Å²) in [7, 11) is 0. The first-order chi connectivity index (χ1) is 25.2. The van der Waals surface area contributed by atoms with Gasteiger partial charge in [0.15, 0.2) is 17.5 Å². The van der Waals surface area contributed by atoms with E-state index in [9.17, 15) is 0 Å². The molecule has 0 unspecified atom stereocenters. The van der Waals surface area contributed by atoms with Crippen molar-refractivity contribution in [2.75, 3.05) is 0 Å². The SMILES string of the molecule is CC1(C)CCC(C)(C)c2cc(-c3nc(-c4ccccc4)nc(-c4ccc5c(c4)C4(c6ccccc6Oc6ccccc64)c4ccccc4-5)n3)ccc21. The third-order valence-electron chi connectivity index (χ3n) is 11.9. The lowest BCUT2D eigenvalue weighted by molar-refractivity contribution is 0.332. The molecule has 0 bridgehead atoms. The summed E-state index contributed by atoms with van der Waals surface area (Å²) in [5, 5.41) is 0. The predicted molar refractivity (Wildman–Crippen MR) is 209 cm³/mol. The normalized spacial score (nSPS) is 16.5. The monoisotopic (exact) mass is 673 g/mol. The smallest absolute Gasteiger partial charge is 0.164 e. The van der Waals surface area contributed by atoms with Crippen LogP contribution in [-0.2, 0) is 16.2 Å². The van der Waals surface area contributed by atoms with Crippen LogP contribution in [0.4, 0.5) is 0 Å². The number of hydrogen-bond donors (Lipinski definition) is 0. The summed E-state index contributed by atoms with van der Waals surface area (Å²) in [4.78, 5) is 15.6. The summed E-state index contributed by atoms with van der Waals surface area (Å²) < 4.78 is 6.57. The third kappa shape index (κ3) is 4.43. The van der Waals surface area contributed by atoms with E-state index in [2.05, 4.69) is 149 Å². The van der Waals surface area contributed by atoms with Gasteiger partial charge in [-0.3, -0.25) is 0 Å². The molecule has 0 fully saturated rings. The summed E-state index contributed by atoms with van der Waals surface area (Å²) in [6.07, 6.45) is 2.32. The van der Waals surface area contributed by atoms with Crippen molar-refractivity contribution in [3.05, 3.63) is 173 Å². The van der Waals surface area contributed by atoms with E-state index in [1.165, 1.54) is 39.8 Å². The molecule has 4 heteroatoms. The minimum absolute atomic E-state index is 0.0680. The Morgan fingerprint density at radius 2 is 0.885 bits per heavy atom. The van der Waals surface area contributed by atoms with E-state index in [0.717, 1.165) is 45.7 Å². The summed E-state index contributed by atoms with van der Waals surface area (Å²) in [5.41, 5.74) is 12.5. The zero-order chi connectivity index (χ0) is 35.2. The Hall–Kier alpha value is -5.87. The van der Waals surface area contributed by atoms with Gasteiger partial charge in [0.05, 0.1) is 5.41 Å². The summed E-state index contributed by atoms with van der Waals surface area (Å²) in [6, 6.07) is 49.7. The van der Waals surface area contributed by atoms with Crippen molar-refractivity contribution in [3.8, 4) is 56.8 Å². The molecule has 0 atom stereocenters. The first-order valence-corrected chi connectivity index (χ1v) is 18.3.